The third kappa shape index (κ3) is 8.88. The van der Waals surface area contributed by atoms with E-state index >= 15 is 0 Å². The molecule has 1 saturated heterocycles. The Kier molecular flexibility index (Phi) is 12.3. The zero-order valence-corrected chi connectivity index (χ0v) is 18.9. The molecule has 7 heteroatoms. The Morgan fingerprint density at radius 3 is 2.54 bits per heavy atom. The van der Waals surface area contributed by atoms with Gasteiger partial charge < -0.3 is 20.3 Å². The molecule has 1 heterocycles. The molecular formula is C19H32ClIN4O. The lowest BCUT2D eigenvalue weighted by Crippen LogP contribution is -2.43. The van der Waals surface area contributed by atoms with E-state index in [0.29, 0.717) is 12.5 Å². The molecule has 0 saturated carbocycles. The fraction of sp³-hybridized carbons (Fsp3) is 0.632. The number of rotatable bonds is 8. The molecule has 2 rings (SSSR count). The Morgan fingerprint density at radius 1 is 1.23 bits per heavy atom. The average molecular weight is 495 g/mol. The summed E-state index contributed by atoms with van der Waals surface area (Å²) in [6, 6.07) is 7.85. The molecule has 0 bridgehead atoms. The number of nitrogens with zero attached hydrogens (tertiary/aromatic N) is 2. The largest absolute Gasteiger partial charge is 0.383 e. The Labute approximate surface area is 179 Å². The van der Waals surface area contributed by atoms with Crippen molar-refractivity contribution in [2.24, 2.45) is 10.9 Å². The van der Waals surface area contributed by atoms with Gasteiger partial charge in [0.25, 0.3) is 0 Å². The summed E-state index contributed by atoms with van der Waals surface area (Å²) < 4.78 is 5.16. The highest BCUT2D eigenvalue weighted by atomic mass is 127. The lowest BCUT2D eigenvalue weighted by Gasteiger charge is -2.32. The molecule has 0 aliphatic carbocycles. The molecule has 0 aromatic heterocycles. The van der Waals surface area contributed by atoms with Gasteiger partial charge in [0.15, 0.2) is 5.96 Å². The van der Waals surface area contributed by atoms with E-state index in [1.54, 1.807) is 7.11 Å². The van der Waals surface area contributed by atoms with Crippen LogP contribution in [0.25, 0.3) is 0 Å². The summed E-state index contributed by atoms with van der Waals surface area (Å²) in [6.07, 6.45) is 2.46. The van der Waals surface area contributed by atoms with E-state index < -0.39 is 0 Å². The van der Waals surface area contributed by atoms with Gasteiger partial charge in [-0.05, 0) is 56.5 Å². The highest BCUT2D eigenvalue weighted by Crippen LogP contribution is 2.16. The number of aliphatic imine (C=N–C) groups is 1. The van der Waals surface area contributed by atoms with Crippen LogP contribution in [0.1, 0.15) is 25.3 Å². The third-order valence-electron chi connectivity index (χ3n) is 4.55. The van der Waals surface area contributed by atoms with Crippen LogP contribution < -0.4 is 10.6 Å². The standard InChI is InChI=1S/C19H31ClN4O.HI/c1-3-21-19(22-14-16-4-6-18(20)7-5-16)23-15-17-8-10-24(11-9-17)12-13-25-2;/h4-7,17H,3,8-15H2,1-2H3,(H2,21,22,23);1H. The second-order valence-corrected chi connectivity index (χ2v) is 6.92. The van der Waals surface area contributed by atoms with Crippen molar-refractivity contribution >= 4 is 41.5 Å². The first-order valence-electron chi connectivity index (χ1n) is 9.19. The van der Waals surface area contributed by atoms with E-state index in [9.17, 15) is 0 Å². The molecule has 0 unspecified atom stereocenters. The molecule has 26 heavy (non-hydrogen) atoms. The minimum Gasteiger partial charge on any atom is -0.383 e. The molecule has 1 fully saturated rings. The molecule has 1 aliphatic heterocycles. The van der Waals surface area contributed by atoms with Gasteiger partial charge in [0.05, 0.1) is 13.2 Å². The van der Waals surface area contributed by atoms with Gasteiger partial charge in [0, 0.05) is 31.8 Å². The maximum absolute atomic E-state index is 5.93. The summed E-state index contributed by atoms with van der Waals surface area (Å²) in [5.41, 5.74) is 1.16. The summed E-state index contributed by atoms with van der Waals surface area (Å²) >= 11 is 5.93. The van der Waals surface area contributed by atoms with Gasteiger partial charge in [-0.1, -0.05) is 23.7 Å². The molecule has 0 atom stereocenters. The van der Waals surface area contributed by atoms with Crippen molar-refractivity contribution in [3.8, 4) is 0 Å². The van der Waals surface area contributed by atoms with E-state index in [4.69, 9.17) is 16.3 Å². The second kappa shape index (κ2) is 13.6. The van der Waals surface area contributed by atoms with Crippen molar-refractivity contribution < 1.29 is 4.74 Å². The number of hydrogen-bond donors (Lipinski definition) is 2. The molecule has 0 spiro atoms. The first kappa shape index (κ1) is 23.5. The number of guanidine groups is 1. The number of likely N-dealkylation sites (tertiary alicyclic amines) is 1. The van der Waals surface area contributed by atoms with Crippen molar-refractivity contribution in [1.29, 1.82) is 0 Å². The minimum atomic E-state index is 0. The molecule has 0 amide bonds. The van der Waals surface area contributed by atoms with Crippen LogP contribution in [0.4, 0.5) is 0 Å². The number of ether oxygens (including phenoxy) is 1. The summed E-state index contributed by atoms with van der Waals surface area (Å²) in [4.78, 5) is 7.16. The van der Waals surface area contributed by atoms with E-state index in [1.165, 1.54) is 12.8 Å². The van der Waals surface area contributed by atoms with Gasteiger partial charge in [-0.3, -0.25) is 0 Å². The number of hydrogen-bond acceptors (Lipinski definition) is 3. The number of benzene rings is 1. The normalized spacial score (nSPS) is 16.2. The van der Waals surface area contributed by atoms with Crippen LogP contribution in [0.3, 0.4) is 0 Å². The van der Waals surface area contributed by atoms with Crippen LogP contribution in [0.2, 0.25) is 5.02 Å². The molecule has 2 N–H and O–H groups in total. The smallest absolute Gasteiger partial charge is 0.191 e. The van der Waals surface area contributed by atoms with E-state index in [0.717, 1.165) is 55.9 Å². The summed E-state index contributed by atoms with van der Waals surface area (Å²) in [5.74, 6) is 1.59. The molecule has 1 aliphatic rings. The first-order valence-corrected chi connectivity index (χ1v) is 9.57. The Hall–Kier alpha value is -0.570. The van der Waals surface area contributed by atoms with Crippen LogP contribution in [-0.4, -0.2) is 57.3 Å². The van der Waals surface area contributed by atoms with Crippen LogP contribution in [0.15, 0.2) is 29.3 Å². The lowest BCUT2D eigenvalue weighted by molar-refractivity contribution is 0.121. The monoisotopic (exact) mass is 494 g/mol. The van der Waals surface area contributed by atoms with Crippen molar-refractivity contribution in [3.63, 3.8) is 0 Å². The first-order chi connectivity index (χ1) is 12.2. The minimum absolute atomic E-state index is 0. The molecule has 5 nitrogen and oxygen atoms in total. The van der Waals surface area contributed by atoms with Gasteiger partial charge in [0.2, 0.25) is 0 Å². The van der Waals surface area contributed by atoms with Gasteiger partial charge in [-0.2, -0.15) is 0 Å². The van der Waals surface area contributed by atoms with Crippen molar-refractivity contribution in [3.05, 3.63) is 34.9 Å². The zero-order valence-electron chi connectivity index (χ0n) is 15.8. The Morgan fingerprint density at radius 2 is 1.92 bits per heavy atom. The third-order valence-corrected chi connectivity index (χ3v) is 4.81. The van der Waals surface area contributed by atoms with E-state index in [-0.39, 0.29) is 24.0 Å². The van der Waals surface area contributed by atoms with Gasteiger partial charge in [-0.15, -0.1) is 24.0 Å². The second-order valence-electron chi connectivity index (χ2n) is 6.48. The SMILES string of the molecule is CCNC(=NCc1ccc(Cl)cc1)NCC1CCN(CCOC)CC1.I. The van der Waals surface area contributed by atoms with Gasteiger partial charge in [0.1, 0.15) is 0 Å². The zero-order chi connectivity index (χ0) is 17.9. The predicted octanol–water partition coefficient (Wildman–Crippen LogP) is 3.37. The highest BCUT2D eigenvalue weighted by Gasteiger charge is 2.18. The maximum atomic E-state index is 5.93. The summed E-state index contributed by atoms with van der Waals surface area (Å²) in [7, 11) is 1.77. The molecule has 0 radical (unpaired) electrons. The number of piperidine rings is 1. The van der Waals surface area contributed by atoms with Crippen LogP contribution in [-0.2, 0) is 11.3 Å². The highest BCUT2D eigenvalue weighted by molar-refractivity contribution is 14.0. The summed E-state index contributed by atoms with van der Waals surface area (Å²) in [6.45, 7) is 8.78. The number of nitrogens with one attached hydrogen (secondary N) is 2. The van der Waals surface area contributed by atoms with Crippen LogP contribution >= 0.6 is 35.6 Å². The van der Waals surface area contributed by atoms with E-state index in [1.807, 2.05) is 24.3 Å². The molecular weight excluding hydrogens is 463 g/mol. The van der Waals surface area contributed by atoms with Crippen molar-refractivity contribution in [2.45, 2.75) is 26.3 Å². The topological polar surface area (TPSA) is 48.9 Å². The maximum Gasteiger partial charge on any atom is 0.191 e. The number of halogens is 2. The lowest BCUT2D eigenvalue weighted by atomic mass is 9.97. The van der Waals surface area contributed by atoms with Crippen LogP contribution in [0.5, 0.6) is 0 Å². The summed E-state index contributed by atoms with van der Waals surface area (Å²) in [5, 5.41) is 7.58. The molecule has 148 valence electrons. The predicted molar refractivity (Wildman–Crippen MR) is 121 cm³/mol. The Bertz CT molecular complexity index is 519. The molecule has 1 aromatic rings. The van der Waals surface area contributed by atoms with Crippen LogP contribution in [0, 0.1) is 5.92 Å². The Balaban J connectivity index is 0.00000338. The van der Waals surface area contributed by atoms with Gasteiger partial charge in [-0.25, -0.2) is 4.99 Å². The van der Waals surface area contributed by atoms with E-state index in [2.05, 4.69) is 27.4 Å². The fourth-order valence-corrected chi connectivity index (χ4v) is 3.10. The fourth-order valence-electron chi connectivity index (χ4n) is 2.98. The van der Waals surface area contributed by atoms with Crippen molar-refractivity contribution in [1.82, 2.24) is 15.5 Å². The molecule has 1 aromatic carbocycles. The number of methoxy groups -OCH3 is 1. The van der Waals surface area contributed by atoms with Gasteiger partial charge >= 0.3 is 0 Å². The van der Waals surface area contributed by atoms with Crippen molar-refractivity contribution in [2.75, 3.05) is 46.4 Å². The average Bonchev–Trinajstić information content (AvgIpc) is 2.64. The quantitative estimate of drug-likeness (QED) is 0.330.